The summed E-state index contributed by atoms with van der Waals surface area (Å²) < 4.78 is 4.73. The number of carbonyl (C=O) groups is 1. The number of nitrogens with one attached hydrogen (secondary N) is 1. The molecule has 0 fully saturated rings. The van der Waals surface area contributed by atoms with E-state index in [4.69, 9.17) is 4.74 Å². The van der Waals surface area contributed by atoms with Crippen LogP contribution in [0.1, 0.15) is 27.2 Å². The maximum atomic E-state index is 11.3. The van der Waals surface area contributed by atoms with Crippen LogP contribution in [0.4, 0.5) is 0 Å². The van der Waals surface area contributed by atoms with Gasteiger partial charge in [0.25, 0.3) is 0 Å². The zero-order chi connectivity index (χ0) is 10.5. The number of esters is 1. The molecule has 0 rings (SSSR count). The molecule has 0 bridgehead atoms. The van der Waals surface area contributed by atoms with Crippen molar-refractivity contribution in [2.24, 2.45) is 11.3 Å². The minimum absolute atomic E-state index is 0.129. The molecule has 0 aliphatic carbocycles. The van der Waals surface area contributed by atoms with Crippen LogP contribution in [0.25, 0.3) is 0 Å². The van der Waals surface area contributed by atoms with E-state index in [2.05, 4.69) is 12.2 Å². The zero-order valence-electron chi connectivity index (χ0n) is 9.31. The molecule has 76 valence electrons. The molecule has 13 heavy (non-hydrogen) atoms. The first-order valence-electron chi connectivity index (χ1n) is 4.67. The first-order valence-corrected chi connectivity index (χ1v) is 4.67. The fraction of sp³-hybridized carbons (Fsp3) is 0.889. The van der Waals surface area contributed by atoms with E-state index in [-0.39, 0.29) is 11.4 Å². The molecule has 0 aliphatic rings. The Bertz CT molecular complexity index is 171. The minimum Gasteiger partial charge on any atom is -0.469 e. The molecule has 0 aromatic carbocycles. The van der Waals surface area contributed by atoms with E-state index in [0.717, 1.165) is 13.0 Å². The Balaban J connectivity index is 4.07. The molecule has 1 atom stereocenters. The van der Waals surface area contributed by atoms with E-state index >= 15 is 0 Å². The third-order valence-electron chi connectivity index (χ3n) is 2.15. The van der Waals surface area contributed by atoms with Crippen molar-refractivity contribution in [1.29, 1.82) is 0 Å². The lowest BCUT2D eigenvalue weighted by molar-refractivity contribution is -0.151. The molecule has 3 nitrogen and oxygen atoms in total. The van der Waals surface area contributed by atoms with Crippen molar-refractivity contribution in [3.05, 3.63) is 0 Å². The fourth-order valence-corrected chi connectivity index (χ4v) is 1.65. The second-order valence-corrected chi connectivity index (χ2v) is 4.24. The predicted molar refractivity (Wildman–Crippen MR) is 56.1 cm³/mol. The molecule has 0 spiro atoms. The molecule has 4 heteroatoms. The predicted octanol–water partition coefficient (Wildman–Crippen LogP) is 0.349. The van der Waals surface area contributed by atoms with Gasteiger partial charge in [-0.1, -0.05) is 6.92 Å². The van der Waals surface area contributed by atoms with Crippen LogP contribution in [-0.4, -0.2) is 27.6 Å². The van der Waals surface area contributed by atoms with Gasteiger partial charge < -0.3 is 9.96 Å². The molecule has 0 aliphatic heterocycles. The SMILES string of the molecule is BNCC(C)CC(C)(C)C(=O)OC. The van der Waals surface area contributed by atoms with Gasteiger partial charge in [0, 0.05) is 0 Å². The number of carbonyl (C=O) groups excluding carboxylic acids is 1. The van der Waals surface area contributed by atoms with Crippen LogP contribution in [0.15, 0.2) is 0 Å². The van der Waals surface area contributed by atoms with E-state index in [0.29, 0.717) is 5.92 Å². The summed E-state index contributed by atoms with van der Waals surface area (Å²) in [5.41, 5.74) is -0.370. The van der Waals surface area contributed by atoms with Crippen molar-refractivity contribution in [1.82, 2.24) is 5.23 Å². The summed E-state index contributed by atoms with van der Waals surface area (Å²) in [6.45, 7) is 6.90. The van der Waals surface area contributed by atoms with Crippen LogP contribution >= 0.6 is 0 Å². The summed E-state index contributed by atoms with van der Waals surface area (Å²) in [6.07, 6.45) is 0.848. The Labute approximate surface area is 81.7 Å². The van der Waals surface area contributed by atoms with E-state index in [9.17, 15) is 4.79 Å². The smallest absolute Gasteiger partial charge is 0.311 e. The van der Waals surface area contributed by atoms with Gasteiger partial charge in [0.1, 0.15) is 0 Å². The first kappa shape index (κ1) is 12.5. The number of ether oxygens (including phenoxy) is 1. The van der Waals surface area contributed by atoms with Gasteiger partial charge in [-0.15, -0.1) is 0 Å². The fourth-order valence-electron chi connectivity index (χ4n) is 1.65. The maximum Gasteiger partial charge on any atom is 0.311 e. The Morgan fingerprint density at radius 1 is 1.62 bits per heavy atom. The average Bonchev–Trinajstić information content (AvgIpc) is 2.02. The monoisotopic (exact) mass is 185 g/mol. The van der Waals surface area contributed by atoms with Crippen LogP contribution in [0.2, 0.25) is 0 Å². The van der Waals surface area contributed by atoms with E-state index in [1.807, 2.05) is 21.8 Å². The highest BCUT2D eigenvalue weighted by Gasteiger charge is 2.30. The van der Waals surface area contributed by atoms with Crippen LogP contribution in [0, 0.1) is 11.3 Å². The molecule has 1 unspecified atom stereocenters. The third-order valence-corrected chi connectivity index (χ3v) is 2.15. The maximum absolute atomic E-state index is 11.3. The summed E-state index contributed by atoms with van der Waals surface area (Å²) in [7, 11) is 3.36. The van der Waals surface area contributed by atoms with Gasteiger partial charge in [-0.05, 0) is 32.7 Å². The summed E-state index contributed by atoms with van der Waals surface area (Å²) >= 11 is 0. The standard InChI is InChI=1S/C9H20BNO2/c1-7(6-11-10)5-9(2,3)8(12)13-4/h7,11H,5-6,10H2,1-4H3. The van der Waals surface area contributed by atoms with Gasteiger partial charge >= 0.3 is 5.97 Å². The zero-order valence-corrected chi connectivity index (χ0v) is 9.31. The topological polar surface area (TPSA) is 38.3 Å². The Morgan fingerprint density at radius 3 is 2.54 bits per heavy atom. The second kappa shape index (κ2) is 5.27. The van der Waals surface area contributed by atoms with Crippen LogP contribution in [0.3, 0.4) is 0 Å². The quantitative estimate of drug-likeness (QED) is 0.496. The van der Waals surface area contributed by atoms with E-state index in [1.54, 1.807) is 0 Å². The van der Waals surface area contributed by atoms with Crippen molar-refractivity contribution in [2.75, 3.05) is 13.7 Å². The van der Waals surface area contributed by atoms with E-state index in [1.165, 1.54) is 7.11 Å². The largest absolute Gasteiger partial charge is 0.469 e. The normalized spacial score (nSPS) is 13.8. The van der Waals surface area contributed by atoms with Crippen LogP contribution in [-0.2, 0) is 9.53 Å². The van der Waals surface area contributed by atoms with Gasteiger partial charge in [-0.3, -0.25) is 4.79 Å². The molecule has 1 N–H and O–H groups in total. The average molecular weight is 185 g/mol. The lowest BCUT2D eigenvalue weighted by Crippen LogP contribution is -2.30. The summed E-state index contributed by atoms with van der Waals surface area (Å²) in [5.74, 6) is 0.356. The van der Waals surface area contributed by atoms with Gasteiger partial charge in [-0.25, -0.2) is 0 Å². The molecule has 0 saturated carbocycles. The van der Waals surface area contributed by atoms with Gasteiger partial charge in [0.15, 0.2) is 7.98 Å². The Morgan fingerprint density at radius 2 is 2.15 bits per heavy atom. The molecule has 0 saturated heterocycles. The lowest BCUT2D eigenvalue weighted by atomic mass is 9.83. The van der Waals surface area contributed by atoms with Crippen molar-refractivity contribution in [2.45, 2.75) is 27.2 Å². The molecule has 0 amide bonds. The lowest BCUT2D eigenvalue weighted by Gasteiger charge is -2.25. The molecule has 0 heterocycles. The van der Waals surface area contributed by atoms with Gasteiger partial charge in [0.05, 0.1) is 12.5 Å². The highest BCUT2D eigenvalue weighted by atomic mass is 16.5. The van der Waals surface area contributed by atoms with Crippen molar-refractivity contribution in [3.8, 4) is 0 Å². The number of hydrogen-bond donors (Lipinski definition) is 1. The van der Waals surface area contributed by atoms with Crippen molar-refractivity contribution in [3.63, 3.8) is 0 Å². The Hall–Kier alpha value is -0.505. The second-order valence-electron chi connectivity index (χ2n) is 4.24. The number of methoxy groups -OCH3 is 1. The highest BCUT2D eigenvalue weighted by Crippen LogP contribution is 2.26. The number of rotatable bonds is 5. The van der Waals surface area contributed by atoms with Crippen molar-refractivity contribution < 1.29 is 9.53 Å². The number of hydrogen-bond acceptors (Lipinski definition) is 3. The molecule has 0 aromatic heterocycles. The van der Waals surface area contributed by atoms with Gasteiger partial charge in [-0.2, -0.15) is 0 Å². The molecular weight excluding hydrogens is 165 g/mol. The van der Waals surface area contributed by atoms with Crippen LogP contribution < -0.4 is 5.23 Å². The first-order chi connectivity index (χ1) is 5.94. The summed E-state index contributed by atoms with van der Waals surface area (Å²) in [5, 5.41) is 3.09. The van der Waals surface area contributed by atoms with Crippen LogP contribution in [0.5, 0.6) is 0 Å². The minimum atomic E-state index is -0.370. The molecular formula is C9H20BNO2. The third kappa shape index (κ3) is 4.32. The Kier molecular flexibility index (Phi) is 5.07. The molecule has 0 radical (unpaired) electrons. The van der Waals surface area contributed by atoms with Gasteiger partial charge in [0.2, 0.25) is 0 Å². The van der Waals surface area contributed by atoms with Crippen molar-refractivity contribution >= 4 is 14.0 Å². The summed E-state index contributed by atoms with van der Waals surface area (Å²) in [4.78, 5) is 11.3. The highest BCUT2D eigenvalue weighted by molar-refractivity contribution is 6.04. The molecule has 0 aromatic rings. The van der Waals surface area contributed by atoms with E-state index < -0.39 is 0 Å². The summed E-state index contributed by atoms with van der Waals surface area (Å²) in [6, 6.07) is 0.